The average molecular weight is 466 g/mol. The largest absolute Gasteiger partial charge is 0.436 e. The number of carbonyl (C=O) groups excluding carboxylic acids is 1. The number of amides is 1. The molecule has 0 bridgehead atoms. The summed E-state index contributed by atoms with van der Waals surface area (Å²) >= 11 is 7.52. The Morgan fingerprint density at radius 3 is 2.45 bits per heavy atom. The molecule has 0 saturated heterocycles. The first-order valence-electron chi connectivity index (χ1n) is 9.73. The molecule has 162 valence electrons. The zero-order valence-corrected chi connectivity index (χ0v) is 18.1. The van der Waals surface area contributed by atoms with Gasteiger partial charge in [-0.3, -0.25) is 9.48 Å². The third kappa shape index (κ3) is 4.75. The van der Waals surface area contributed by atoms with Crippen LogP contribution in [0.15, 0.2) is 64.4 Å². The number of carbonyl (C=O) groups is 1. The highest BCUT2D eigenvalue weighted by atomic mass is 35.5. The summed E-state index contributed by atoms with van der Waals surface area (Å²) in [7, 11) is 0. The van der Waals surface area contributed by atoms with Crippen molar-refractivity contribution >= 4 is 35.0 Å². The molecule has 1 N–H and O–H groups in total. The summed E-state index contributed by atoms with van der Waals surface area (Å²) in [6.45, 7) is 1.53. The number of nitrogens with one attached hydrogen (secondary N) is 1. The van der Waals surface area contributed by atoms with Gasteiger partial charge in [0.15, 0.2) is 5.69 Å². The Labute approximate surface area is 186 Å². The lowest BCUT2D eigenvalue weighted by molar-refractivity contribution is -0.141. The van der Waals surface area contributed by atoms with Gasteiger partial charge in [-0.15, -0.1) is 0 Å². The van der Waals surface area contributed by atoms with Crippen molar-refractivity contribution in [2.45, 2.75) is 47.7 Å². The number of aromatic nitrogens is 2. The standard InChI is InChI=1S/C22H19ClF3N3OS/c1-13(29-19(14-11-12-14)18(23)20(28-29)22(24,25)26)21(30)27-16-9-5-6-10-17(16)31-15-7-3-2-4-8-15/h2-10,13-14H,11-12H2,1H3,(H,27,30). The Balaban J connectivity index is 1.59. The summed E-state index contributed by atoms with van der Waals surface area (Å²) in [6.07, 6.45) is -3.22. The molecule has 4 nitrogen and oxygen atoms in total. The van der Waals surface area contributed by atoms with Crippen molar-refractivity contribution in [3.05, 3.63) is 71.0 Å². The van der Waals surface area contributed by atoms with Gasteiger partial charge < -0.3 is 5.32 Å². The van der Waals surface area contributed by atoms with Crippen LogP contribution in [0.3, 0.4) is 0 Å². The molecular weight excluding hydrogens is 447 g/mol. The quantitative estimate of drug-likeness (QED) is 0.436. The number of anilines is 1. The van der Waals surface area contributed by atoms with E-state index >= 15 is 0 Å². The van der Waals surface area contributed by atoms with Gasteiger partial charge in [-0.05, 0) is 44.0 Å². The van der Waals surface area contributed by atoms with Crippen LogP contribution >= 0.6 is 23.4 Å². The van der Waals surface area contributed by atoms with Crippen LogP contribution in [0.4, 0.5) is 18.9 Å². The molecule has 9 heteroatoms. The van der Waals surface area contributed by atoms with Crippen molar-refractivity contribution in [2.24, 2.45) is 0 Å². The Morgan fingerprint density at radius 1 is 1.16 bits per heavy atom. The van der Waals surface area contributed by atoms with E-state index in [9.17, 15) is 18.0 Å². The highest BCUT2D eigenvalue weighted by Gasteiger charge is 2.43. The fourth-order valence-corrected chi connectivity index (χ4v) is 4.56. The lowest BCUT2D eigenvalue weighted by Gasteiger charge is -2.17. The predicted octanol–water partition coefficient (Wildman–Crippen LogP) is 6.78. The second-order valence-electron chi connectivity index (χ2n) is 7.34. The van der Waals surface area contributed by atoms with Crippen LogP contribution in [0.1, 0.15) is 43.1 Å². The van der Waals surface area contributed by atoms with Gasteiger partial charge in [-0.2, -0.15) is 18.3 Å². The third-order valence-corrected chi connectivity index (χ3v) is 6.44. The Morgan fingerprint density at radius 2 is 1.81 bits per heavy atom. The minimum atomic E-state index is -4.68. The zero-order chi connectivity index (χ0) is 22.2. The average Bonchev–Trinajstić information content (AvgIpc) is 3.50. The summed E-state index contributed by atoms with van der Waals surface area (Å²) < 4.78 is 41.1. The molecule has 31 heavy (non-hydrogen) atoms. The van der Waals surface area contributed by atoms with E-state index in [0.717, 1.165) is 27.3 Å². The van der Waals surface area contributed by atoms with E-state index in [1.54, 1.807) is 12.1 Å². The topological polar surface area (TPSA) is 46.9 Å². The van der Waals surface area contributed by atoms with E-state index in [4.69, 9.17) is 11.6 Å². The summed E-state index contributed by atoms with van der Waals surface area (Å²) in [4.78, 5) is 14.8. The van der Waals surface area contributed by atoms with Crippen molar-refractivity contribution in [1.29, 1.82) is 0 Å². The lowest BCUT2D eigenvalue weighted by atomic mass is 10.2. The van der Waals surface area contributed by atoms with Gasteiger partial charge in [0.2, 0.25) is 5.91 Å². The van der Waals surface area contributed by atoms with E-state index in [0.29, 0.717) is 5.69 Å². The van der Waals surface area contributed by atoms with E-state index in [1.807, 2.05) is 42.5 Å². The number of hydrogen-bond acceptors (Lipinski definition) is 3. The fourth-order valence-electron chi connectivity index (χ4n) is 3.25. The molecule has 1 aliphatic carbocycles. The molecule has 1 amide bonds. The van der Waals surface area contributed by atoms with Crippen LogP contribution < -0.4 is 5.32 Å². The maximum Gasteiger partial charge on any atom is 0.436 e. The van der Waals surface area contributed by atoms with E-state index < -0.39 is 28.8 Å². The van der Waals surface area contributed by atoms with Crippen LogP contribution in [0, 0.1) is 0 Å². The van der Waals surface area contributed by atoms with Crippen molar-refractivity contribution in [1.82, 2.24) is 9.78 Å². The Bertz CT molecular complexity index is 1100. The summed E-state index contributed by atoms with van der Waals surface area (Å²) in [6, 6.07) is 16.0. The first kappa shape index (κ1) is 21.8. The van der Waals surface area contributed by atoms with Crippen molar-refractivity contribution < 1.29 is 18.0 Å². The van der Waals surface area contributed by atoms with Crippen molar-refractivity contribution in [3.8, 4) is 0 Å². The van der Waals surface area contributed by atoms with Crippen LogP contribution in [-0.2, 0) is 11.0 Å². The number of rotatable bonds is 6. The molecule has 1 aliphatic rings. The van der Waals surface area contributed by atoms with Crippen LogP contribution in [0.25, 0.3) is 0 Å². The number of nitrogens with zero attached hydrogens (tertiary/aromatic N) is 2. The van der Waals surface area contributed by atoms with E-state index in [1.165, 1.54) is 18.7 Å². The molecule has 2 aromatic carbocycles. The number of para-hydroxylation sites is 1. The summed E-state index contributed by atoms with van der Waals surface area (Å²) in [5.74, 6) is -0.567. The Hall–Kier alpha value is -2.45. The second kappa shape index (κ2) is 8.59. The maximum atomic E-state index is 13.3. The van der Waals surface area contributed by atoms with Gasteiger partial charge in [-0.25, -0.2) is 0 Å². The van der Waals surface area contributed by atoms with E-state index in [-0.39, 0.29) is 11.6 Å². The van der Waals surface area contributed by atoms with Gasteiger partial charge >= 0.3 is 6.18 Å². The van der Waals surface area contributed by atoms with Gasteiger partial charge in [0.05, 0.1) is 16.4 Å². The van der Waals surface area contributed by atoms with Gasteiger partial charge in [-0.1, -0.05) is 53.7 Å². The second-order valence-corrected chi connectivity index (χ2v) is 8.83. The molecule has 0 spiro atoms. The SMILES string of the molecule is CC(C(=O)Nc1ccccc1Sc1ccccc1)n1nc(C(F)(F)F)c(Cl)c1C1CC1. The monoisotopic (exact) mass is 465 g/mol. The van der Waals surface area contributed by atoms with Crippen molar-refractivity contribution in [2.75, 3.05) is 5.32 Å². The molecule has 1 aromatic heterocycles. The minimum absolute atomic E-state index is 0.104. The molecule has 1 unspecified atom stereocenters. The normalized spacial score (nSPS) is 15.0. The maximum absolute atomic E-state index is 13.3. The summed E-state index contributed by atoms with van der Waals surface area (Å²) in [5, 5.41) is 6.12. The number of alkyl halides is 3. The Kier molecular flexibility index (Phi) is 6.03. The van der Waals surface area contributed by atoms with Gasteiger partial charge in [0, 0.05) is 15.7 Å². The minimum Gasteiger partial charge on any atom is -0.323 e. The lowest BCUT2D eigenvalue weighted by Crippen LogP contribution is -2.26. The highest BCUT2D eigenvalue weighted by molar-refractivity contribution is 7.99. The number of hydrogen-bond donors (Lipinski definition) is 1. The predicted molar refractivity (Wildman–Crippen MR) is 115 cm³/mol. The molecule has 4 rings (SSSR count). The van der Waals surface area contributed by atoms with Gasteiger partial charge in [0.1, 0.15) is 6.04 Å². The fraction of sp³-hybridized carbons (Fsp3) is 0.273. The molecule has 0 aliphatic heterocycles. The molecule has 1 fully saturated rings. The molecule has 1 saturated carbocycles. The number of halogens is 4. The molecule has 1 heterocycles. The van der Waals surface area contributed by atoms with Gasteiger partial charge in [0.25, 0.3) is 0 Å². The molecule has 1 atom stereocenters. The summed E-state index contributed by atoms with van der Waals surface area (Å²) in [5.41, 5.74) is -0.283. The molecule has 0 radical (unpaired) electrons. The first-order valence-corrected chi connectivity index (χ1v) is 10.9. The molecule has 3 aromatic rings. The zero-order valence-electron chi connectivity index (χ0n) is 16.5. The van der Waals surface area contributed by atoms with E-state index in [2.05, 4.69) is 10.4 Å². The van der Waals surface area contributed by atoms with Crippen LogP contribution in [0.5, 0.6) is 0 Å². The smallest absolute Gasteiger partial charge is 0.323 e. The van der Waals surface area contributed by atoms with Crippen molar-refractivity contribution in [3.63, 3.8) is 0 Å². The third-order valence-electron chi connectivity index (χ3n) is 4.98. The number of benzene rings is 2. The molecular formula is C22H19ClF3N3OS. The highest BCUT2D eigenvalue weighted by Crippen LogP contribution is 2.47. The first-order chi connectivity index (χ1) is 14.8. The van der Waals surface area contributed by atoms with Crippen LogP contribution in [0.2, 0.25) is 5.02 Å². The van der Waals surface area contributed by atoms with Crippen LogP contribution in [-0.4, -0.2) is 15.7 Å².